The van der Waals surface area contributed by atoms with Gasteiger partial charge in [-0.15, -0.1) is 0 Å². The monoisotopic (exact) mass is 149 g/mol. The summed E-state index contributed by atoms with van der Waals surface area (Å²) in [5.74, 6) is 0. The maximum absolute atomic E-state index is 4.14. The Hall–Kier alpha value is -0.850. The molecule has 0 aliphatic carbocycles. The standard InChI is InChI=1S/C10H15N/c1-10(2)6-4-3-5-8-11-9-7-10/h4,6-9H,3,5H2,1-2H3. The molecule has 0 saturated carbocycles. The van der Waals surface area contributed by atoms with Crippen LogP contribution >= 0.6 is 0 Å². The maximum Gasteiger partial charge on any atom is 0.0232 e. The van der Waals surface area contributed by atoms with E-state index in [1.165, 1.54) is 0 Å². The lowest BCUT2D eigenvalue weighted by molar-refractivity contribution is 0.622. The van der Waals surface area contributed by atoms with Gasteiger partial charge in [-0.2, -0.15) is 0 Å². The molecule has 0 spiro atoms. The predicted octanol–water partition coefficient (Wildman–Crippen LogP) is 2.95. The Bertz CT molecular complexity index is 197. The first-order valence-corrected chi connectivity index (χ1v) is 4.08. The topological polar surface area (TPSA) is 12.4 Å². The summed E-state index contributed by atoms with van der Waals surface area (Å²) >= 11 is 0. The van der Waals surface area contributed by atoms with Crippen molar-refractivity contribution in [2.24, 2.45) is 10.4 Å². The highest BCUT2D eigenvalue weighted by atomic mass is 14.7. The highest BCUT2D eigenvalue weighted by Crippen LogP contribution is 2.19. The first-order chi connectivity index (χ1) is 5.21. The largest absolute Gasteiger partial charge is 0.269 e. The van der Waals surface area contributed by atoms with Crippen LogP contribution in [0.2, 0.25) is 0 Å². The van der Waals surface area contributed by atoms with Crippen molar-refractivity contribution >= 4 is 6.21 Å². The molecule has 1 aliphatic rings. The van der Waals surface area contributed by atoms with Gasteiger partial charge in [0.1, 0.15) is 0 Å². The van der Waals surface area contributed by atoms with E-state index < -0.39 is 0 Å². The second kappa shape index (κ2) is 3.51. The first kappa shape index (κ1) is 8.25. The molecule has 0 fully saturated rings. The summed E-state index contributed by atoms with van der Waals surface area (Å²) < 4.78 is 0. The smallest absolute Gasteiger partial charge is 0.0232 e. The summed E-state index contributed by atoms with van der Waals surface area (Å²) in [6, 6.07) is 0. The second-order valence-corrected chi connectivity index (χ2v) is 3.45. The van der Waals surface area contributed by atoms with Gasteiger partial charge in [0, 0.05) is 17.8 Å². The Balaban J connectivity index is 2.73. The van der Waals surface area contributed by atoms with Crippen LogP contribution in [-0.4, -0.2) is 6.21 Å². The van der Waals surface area contributed by atoms with Crippen molar-refractivity contribution in [1.29, 1.82) is 0 Å². The van der Waals surface area contributed by atoms with E-state index in [0.717, 1.165) is 12.8 Å². The lowest BCUT2D eigenvalue weighted by atomic mass is 9.93. The van der Waals surface area contributed by atoms with Gasteiger partial charge in [-0.05, 0) is 12.8 Å². The molecule has 0 aromatic rings. The fourth-order valence-electron chi connectivity index (χ4n) is 0.984. The molecule has 0 unspecified atom stereocenters. The van der Waals surface area contributed by atoms with E-state index in [1.807, 2.05) is 12.4 Å². The normalized spacial score (nSPS) is 22.4. The molecule has 0 bridgehead atoms. The lowest BCUT2D eigenvalue weighted by Crippen LogP contribution is -2.01. The van der Waals surface area contributed by atoms with E-state index >= 15 is 0 Å². The second-order valence-electron chi connectivity index (χ2n) is 3.45. The van der Waals surface area contributed by atoms with Crippen LogP contribution < -0.4 is 0 Å². The van der Waals surface area contributed by atoms with Crippen molar-refractivity contribution < 1.29 is 0 Å². The van der Waals surface area contributed by atoms with Gasteiger partial charge >= 0.3 is 0 Å². The minimum atomic E-state index is 0.168. The fraction of sp³-hybridized carbons (Fsp3) is 0.500. The minimum absolute atomic E-state index is 0.168. The summed E-state index contributed by atoms with van der Waals surface area (Å²) in [7, 11) is 0. The molecule has 11 heavy (non-hydrogen) atoms. The third-order valence-corrected chi connectivity index (χ3v) is 1.71. The molecule has 1 heteroatoms. The van der Waals surface area contributed by atoms with Gasteiger partial charge in [-0.3, -0.25) is 4.99 Å². The molecule has 0 saturated heterocycles. The molecule has 0 amide bonds. The third kappa shape index (κ3) is 3.17. The highest BCUT2D eigenvalue weighted by molar-refractivity contribution is 5.58. The molecule has 1 heterocycles. The molecular formula is C10H15N. The molecule has 1 rings (SSSR count). The highest BCUT2D eigenvalue weighted by Gasteiger charge is 2.07. The van der Waals surface area contributed by atoms with Gasteiger partial charge in [0.25, 0.3) is 0 Å². The van der Waals surface area contributed by atoms with Crippen molar-refractivity contribution in [3.63, 3.8) is 0 Å². The van der Waals surface area contributed by atoms with Crippen LogP contribution in [-0.2, 0) is 0 Å². The van der Waals surface area contributed by atoms with Gasteiger partial charge in [-0.1, -0.05) is 32.1 Å². The van der Waals surface area contributed by atoms with Gasteiger partial charge in [0.05, 0.1) is 0 Å². The Labute approximate surface area is 68.5 Å². The Morgan fingerprint density at radius 2 is 2.00 bits per heavy atom. The molecule has 1 aliphatic heterocycles. The quantitative estimate of drug-likeness (QED) is 0.469. The van der Waals surface area contributed by atoms with Gasteiger partial charge in [0.2, 0.25) is 0 Å². The number of aliphatic imine (C=N–C) groups is 1. The van der Waals surface area contributed by atoms with Crippen LogP contribution in [0.3, 0.4) is 0 Å². The number of allylic oxidation sites excluding steroid dienone is 3. The summed E-state index contributed by atoms with van der Waals surface area (Å²) in [6.45, 7) is 4.36. The molecule has 60 valence electrons. The van der Waals surface area contributed by atoms with Gasteiger partial charge in [0.15, 0.2) is 0 Å². The van der Waals surface area contributed by atoms with Crippen molar-refractivity contribution in [3.05, 3.63) is 24.4 Å². The van der Waals surface area contributed by atoms with E-state index in [-0.39, 0.29) is 5.41 Å². The fourth-order valence-corrected chi connectivity index (χ4v) is 0.984. The first-order valence-electron chi connectivity index (χ1n) is 4.08. The zero-order valence-corrected chi connectivity index (χ0v) is 7.25. The maximum atomic E-state index is 4.14. The summed E-state index contributed by atoms with van der Waals surface area (Å²) in [5, 5.41) is 0. The van der Waals surface area contributed by atoms with Crippen molar-refractivity contribution in [2.45, 2.75) is 26.7 Å². The van der Waals surface area contributed by atoms with Crippen LogP contribution in [0.25, 0.3) is 0 Å². The molecule has 0 aromatic heterocycles. The lowest BCUT2D eigenvalue weighted by Gasteiger charge is -2.12. The summed E-state index contributed by atoms with van der Waals surface area (Å²) in [5.41, 5.74) is 0.168. The van der Waals surface area contributed by atoms with Crippen LogP contribution in [0.5, 0.6) is 0 Å². The van der Waals surface area contributed by atoms with E-state index in [2.05, 4.69) is 37.1 Å². The molecular weight excluding hydrogens is 134 g/mol. The van der Waals surface area contributed by atoms with Crippen LogP contribution in [0, 0.1) is 5.41 Å². The third-order valence-electron chi connectivity index (χ3n) is 1.71. The van der Waals surface area contributed by atoms with E-state index in [1.54, 1.807) is 0 Å². The van der Waals surface area contributed by atoms with Crippen molar-refractivity contribution in [2.75, 3.05) is 0 Å². The average Bonchev–Trinajstić information content (AvgIpc) is 2.00. The number of rotatable bonds is 0. The molecule has 0 radical (unpaired) electrons. The SMILES string of the molecule is CC1(C)C=CCCC=NC=C1. The number of hydrogen-bond acceptors (Lipinski definition) is 1. The zero-order chi connectivity index (χ0) is 8.16. The van der Waals surface area contributed by atoms with Crippen LogP contribution in [0.1, 0.15) is 26.7 Å². The molecule has 1 nitrogen and oxygen atoms in total. The zero-order valence-electron chi connectivity index (χ0n) is 7.25. The molecule has 0 aromatic carbocycles. The van der Waals surface area contributed by atoms with Gasteiger partial charge in [-0.25, -0.2) is 0 Å². The number of hydrogen-bond donors (Lipinski definition) is 0. The average molecular weight is 149 g/mol. The summed E-state index contributed by atoms with van der Waals surface area (Å²) in [6.07, 6.45) is 12.6. The van der Waals surface area contributed by atoms with E-state index in [9.17, 15) is 0 Å². The molecule has 0 N–H and O–H groups in total. The Kier molecular flexibility index (Phi) is 2.64. The number of nitrogens with zero attached hydrogens (tertiary/aromatic N) is 1. The van der Waals surface area contributed by atoms with E-state index in [0.29, 0.717) is 0 Å². The van der Waals surface area contributed by atoms with Crippen LogP contribution in [0.4, 0.5) is 0 Å². The van der Waals surface area contributed by atoms with Crippen molar-refractivity contribution in [3.8, 4) is 0 Å². The Morgan fingerprint density at radius 3 is 2.82 bits per heavy atom. The van der Waals surface area contributed by atoms with E-state index in [4.69, 9.17) is 0 Å². The Morgan fingerprint density at radius 1 is 1.18 bits per heavy atom. The predicted molar refractivity (Wildman–Crippen MR) is 49.8 cm³/mol. The van der Waals surface area contributed by atoms with Gasteiger partial charge < -0.3 is 0 Å². The van der Waals surface area contributed by atoms with Crippen molar-refractivity contribution in [1.82, 2.24) is 0 Å². The summed E-state index contributed by atoms with van der Waals surface area (Å²) in [4.78, 5) is 4.14. The molecule has 0 atom stereocenters. The van der Waals surface area contributed by atoms with Crippen LogP contribution in [0.15, 0.2) is 29.4 Å². The minimum Gasteiger partial charge on any atom is -0.269 e.